The normalized spacial score (nSPS) is 11.8. The number of methoxy groups -OCH3 is 2. The molecule has 0 aliphatic rings. The van der Waals surface area contributed by atoms with E-state index >= 15 is 0 Å². The minimum atomic E-state index is -1.08. The topological polar surface area (TPSA) is 96.9 Å². The quantitative estimate of drug-likeness (QED) is 0.690. The molecule has 8 heteroatoms. The highest BCUT2D eigenvalue weighted by Gasteiger charge is 2.12. The van der Waals surface area contributed by atoms with E-state index in [1.807, 2.05) is 0 Å². The summed E-state index contributed by atoms with van der Waals surface area (Å²) < 4.78 is 10.5. The molecule has 21 heavy (non-hydrogen) atoms. The second-order valence-corrected chi connectivity index (χ2v) is 5.00. The molecule has 0 fully saturated rings. The molecule has 0 aromatic heterocycles. The Morgan fingerprint density at radius 2 is 2.10 bits per heavy atom. The van der Waals surface area contributed by atoms with Crippen molar-refractivity contribution in [2.75, 3.05) is 32.7 Å². The van der Waals surface area contributed by atoms with Crippen LogP contribution in [0.5, 0.6) is 0 Å². The van der Waals surface area contributed by atoms with Crippen LogP contribution < -0.4 is 10.6 Å². The lowest BCUT2D eigenvalue weighted by Crippen LogP contribution is -2.38. The average Bonchev–Trinajstić information content (AvgIpc) is 2.45. The first-order chi connectivity index (χ1) is 9.97. The van der Waals surface area contributed by atoms with Gasteiger partial charge in [-0.15, -0.1) is 0 Å². The number of hydrogen-bond acceptors (Lipinski definition) is 4. The standard InChI is InChI=1S/C13H17BrN2O5/c1-20-7-9(21-2)6-15-13(19)16-8-3-4-11(14)10(5-8)12(17)18/h3-5,9H,6-7H2,1-2H3,(H,17,18)(H2,15,16,19). The highest BCUT2D eigenvalue weighted by molar-refractivity contribution is 9.10. The second kappa shape index (κ2) is 8.60. The van der Waals surface area contributed by atoms with Crippen molar-refractivity contribution >= 4 is 33.6 Å². The Bertz CT molecular complexity index is 509. The summed E-state index contributed by atoms with van der Waals surface area (Å²) in [4.78, 5) is 22.7. The van der Waals surface area contributed by atoms with Crippen molar-refractivity contribution < 1.29 is 24.2 Å². The molecule has 1 aromatic rings. The Balaban J connectivity index is 2.59. The molecule has 1 rings (SSSR count). The number of aromatic carboxylic acids is 1. The third-order valence-corrected chi connectivity index (χ3v) is 3.32. The molecule has 0 heterocycles. The minimum Gasteiger partial charge on any atom is -0.478 e. The Morgan fingerprint density at radius 1 is 1.38 bits per heavy atom. The molecule has 0 bridgehead atoms. The molecule has 1 unspecified atom stereocenters. The second-order valence-electron chi connectivity index (χ2n) is 4.15. The number of carbonyl (C=O) groups excluding carboxylic acids is 1. The molecule has 0 radical (unpaired) electrons. The molecular weight excluding hydrogens is 344 g/mol. The molecule has 0 saturated heterocycles. The van der Waals surface area contributed by atoms with Gasteiger partial charge in [-0.2, -0.15) is 0 Å². The number of carboxylic acid groups (broad SMARTS) is 1. The van der Waals surface area contributed by atoms with Gasteiger partial charge in [0.05, 0.1) is 18.3 Å². The number of urea groups is 1. The van der Waals surface area contributed by atoms with E-state index in [-0.39, 0.29) is 18.2 Å². The highest BCUT2D eigenvalue weighted by Crippen LogP contribution is 2.21. The average molecular weight is 361 g/mol. The number of hydrogen-bond donors (Lipinski definition) is 3. The summed E-state index contributed by atoms with van der Waals surface area (Å²) in [5, 5.41) is 14.2. The summed E-state index contributed by atoms with van der Waals surface area (Å²) in [5.74, 6) is -1.08. The fourth-order valence-electron chi connectivity index (χ4n) is 1.54. The Labute approximate surface area is 130 Å². The van der Waals surface area contributed by atoms with E-state index in [9.17, 15) is 9.59 Å². The largest absolute Gasteiger partial charge is 0.478 e. The van der Waals surface area contributed by atoms with Crippen LogP contribution >= 0.6 is 15.9 Å². The molecule has 0 saturated carbocycles. The number of benzene rings is 1. The van der Waals surface area contributed by atoms with Gasteiger partial charge in [0, 0.05) is 30.9 Å². The molecule has 0 aliphatic heterocycles. The van der Waals surface area contributed by atoms with Gasteiger partial charge in [-0.05, 0) is 34.1 Å². The van der Waals surface area contributed by atoms with E-state index in [0.717, 1.165) is 0 Å². The van der Waals surface area contributed by atoms with Crippen LogP contribution in [0.25, 0.3) is 0 Å². The SMILES string of the molecule is COCC(CNC(=O)Nc1ccc(Br)c(C(=O)O)c1)OC. The first kappa shape index (κ1) is 17.4. The van der Waals surface area contributed by atoms with E-state index in [0.29, 0.717) is 16.8 Å². The zero-order valence-corrected chi connectivity index (χ0v) is 13.3. The number of carboxylic acids is 1. The summed E-state index contributed by atoms with van der Waals surface area (Å²) in [5.41, 5.74) is 0.454. The van der Waals surface area contributed by atoms with E-state index in [2.05, 4.69) is 26.6 Å². The predicted octanol–water partition coefficient (Wildman–Crippen LogP) is 1.93. The van der Waals surface area contributed by atoms with Gasteiger partial charge in [0.2, 0.25) is 0 Å². The lowest BCUT2D eigenvalue weighted by Gasteiger charge is -2.15. The van der Waals surface area contributed by atoms with Gasteiger partial charge in [-0.1, -0.05) is 0 Å². The van der Waals surface area contributed by atoms with E-state index in [1.165, 1.54) is 13.2 Å². The Kier molecular flexibility index (Phi) is 7.13. The van der Waals surface area contributed by atoms with Gasteiger partial charge < -0.3 is 25.2 Å². The maximum Gasteiger partial charge on any atom is 0.336 e. The van der Waals surface area contributed by atoms with Crippen molar-refractivity contribution in [3.05, 3.63) is 28.2 Å². The number of ether oxygens (including phenoxy) is 2. The molecule has 1 aromatic carbocycles. The minimum absolute atomic E-state index is 0.0713. The number of anilines is 1. The van der Waals surface area contributed by atoms with Crippen LogP contribution in [-0.2, 0) is 9.47 Å². The van der Waals surface area contributed by atoms with Crippen molar-refractivity contribution in [1.29, 1.82) is 0 Å². The van der Waals surface area contributed by atoms with Gasteiger partial charge >= 0.3 is 12.0 Å². The molecule has 1 atom stereocenters. The van der Waals surface area contributed by atoms with Crippen LogP contribution in [0.4, 0.5) is 10.5 Å². The van der Waals surface area contributed by atoms with Crippen LogP contribution in [0, 0.1) is 0 Å². The van der Waals surface area contributed by atoms with Crippen molar-refractivity contribution in [3.8, 4) is 0 Å². The number of carbonyl (C=O) groups is 2. The van der Waals surface area contributed by atoms with Gasteiger partial charge in [0.25, 0.3) is 0 Å². The van der Waals surface area contributed by atoms with Crippen molar-refractivity contribution in [3.63, 3.8) is 0 Å². The summed E-state index contributed by atoms with van der Waals surface area (Å²) in [6.45, 7) is 0.636. The predicted molar refractivity (Wildman–Crippen MR) is 80.8 cm³/mol. The van der Waals surface area contributed by atoms with E-state index < -0.39 is 12.0 Å². The summed E-state index contributed by atoms with van der Waals surface area (Å²) in [6, 6.07) is 4.07. The third-order valence-electron chi connectivity index (χ3n) is 2.63. The van der Waals surface area contributed by atoms with Crippen molar-refractivity contribution in [1.82, 2.24) is 5.32 Å². The van der Waals surface area contributed by atoms with Gasteiger partial charge in [0.15, 0.2) is 0 Å². The summed E-state index contributed by atoms with van der Waals surface area (Å²) >= 11 is 3.13. The monoisotopic (exact) mass is 360 g/mol. The van der Waals surface area contributed by atoms with Crippen LogP contribution in [0.3, 0.4) is 0 Å². The van der Waals surface area contributed by atoms with Gasteiger partial charge in [0.1, 0.15) is 0 Å². The summed E-state index contributed by atoms with van der Waals surface area (Å²) in [7, 11) is 3.07. The van der Waals surface area contributed by atoms with Crippen LogP contribution in [0.2, 0.25) is 0 Å². The van der Waals surface area contributed by atoms with Crippen molar-refractivity contribution in [2.24, 2.45) is 0 Å². The molecule has 2 amide bonds. The van der Waals surface area contributed by atoms with Crippen LogP contribution in [-0.4, -0.2) is 50.6 Å². The molecule has 7 nitrogen and oxygen atoms in total. The Hall–Kier alpha value is -1.64. The van der Waals surface area contributed by atoms with Crippen molar-refractivity contribution in [2.45, 2.75) is 6.10 Å². The molecule has 116 valence electrons. The first-order valence-electron chi connectivity index (χ1n) is 6.07. The summed E-state index contributed by atoms with van der Waals surface area (Å²) in [6.07, 6.45) is -0.250. The lowest BCUT2D eigenvalue weighted by atomic mass is 10.2. The third kappa shape index (κ3) is 5.70. The van der Waals surface area contributed by atoms with Gasteiger partial charge in [-0.25, -0.2) is 9.59 Å². The van der Waals surface area contributed by atoms with Gasteiger partial charge in [-0.3, -0.25) is 0 Å². The molecule has 0 aliphatic carbocycles. The number of nitrogens with one attached hydrogen (secondary N) is 2. The maximum absolute atomic E-state index is 11.7. The fourth-order valence-corrected chi connectivity index (χ4v) is 1.96. The fraction of sp³-hybridized carbons (Fsp3) is 0.385. The molecule has 3 N–H and O–H groups in total. The zero-order valence-electron chi connectivity index (χ0n) is 11.7. The molecular formula is C13H17BrN2O5. The Morgan fingerprint density at radius 3 is 2.67 bits per heavy atom. The zero-order chi connectivity index (χ0) is 15.8. The first-order valence-corrected chi connectivity index (χ1v) is 6.86. The molecule has 0 spiro atoms. The van der Waals surface area contributed by atoms with Crippen LogP contribution in [0.15, 0.2) is 22.7 Å². The smallest absolute Gasteiger partial charge is 0.336 e. The number of halogens is 1. The maximum atomic E-state index is 11.7. The van der Waals surface area contributed by atoms with Crippen LogP contribution in [0.1, 0.15) is 10.4 Å². The lowest BCUT2D eigenvalue weighted by molar-refractivity contribution is 0.0307. The van der Waals surface area contributed by atoms with E-state index in [4.69, 9.17) is 14.6 Å². The van der Waals surface area contributed by atoms with E-state index in [1.54, 1.807) is 19.2 Å². The highest BCUT2D eigenvalue weighted by atomic mass is 79.9. The number of amides is 2. The number of rotatable bonds is 7.